The summed E-state index contributed by atoms with van der Waals surface area (Å²) in [5.41, 5.74) is -0.755. The van der Waals surface area contributed by atoms with Crippen LogP contribution in [-0.4, -0.2) is 29.6 Å². The van der Waals surface area contributed by atoms with E-state index in [1.165, 1.54) is 0 Å². The van der Waals surface area contributed by atoms with E-state index < -0.39 is 5.60 Å². The summed E-state index contributed by atoms with van der Waals surface area (Å²) in [7, 11) is 2.09. The average molecular weight is 195 g/mol. The minimum atomic E-state index is -0.755. The highest BCUT2D eigenvalue weighted by Crippen LogP contribution is 2.35. The van der Waals surface area contributed by atoms with E-state index in [2.05, 4.69) is 18.9 Å². The van der Waals surface area contributed by atoms with Crippen LogP contribution < -0.4 is 0 Å². The summed E-state index contributed by atoms with van der Waals surface area (Å²) in [6.07, 6.45) is 3.12. The van der Waals surface area contributed by atoms with Gasteiger partial charge in [-0.15, -0.1) is 0 Å². The lowest BCUT2D eigenvalue weighted by molar-refractivity contribution is -0.0558. The highest BCUT2D eigenvalue weighted by Gasteiger charge is 2.38. The summed E-state index contributed by atoms with van der Waals surface area (Å²) in [5.74, 6) is 0.706. The molecule has 2 atom stereocenters. The molecule has 0 radical (unpaired) electrons. The average Bonchev–Trinajstić information content (AvgIpc) is 2.65. The second kappa shape index (κ2) is 3.41. The van der Waals surface area contributed by atoms with E-state index in [-0.39, 0.29) is 0 Å². The van der Waals surface area contributed by atoms with E-state index in [1.807, 2.05) is 12.1 Å². The first-order chi connectivity index (χ1) is 6.62. The molecule has 0 saturated carbocycles. The Bertz CT molecular complexity index is 296. The van der Waals surface area contributed by atoms with Crippen LogP contribution in [0, 0.1) is 0 Å². The van der Waals surface area contributed by atoms with E-state index in [0.29, 0.717) is 11.8 Å². The molecule has 1 N–H and O–H groups in total. The third-order valence-electron chi connectivity index (χ3n) is 3.24. The van der Waals surface area contributed by atoms with Crippen LogP contribution in [-0.2, 0) is 5.60 Å². The van der Waals surface area contributed by atoms with Gasteiger partial charge < -0.3 is 14.4 Å². The largest absolute Gasteiger partial charge is 0.466 e. The third-order valence-corrected chi connectivity index (χ3v) is 3.24. The van der Waals surface area contributed by atoms with Gasteiger partial charge in [0.25, 0.3) is 0 Å². The number of piperidine rings is 1. The molecule has 78 valence electrons. The van der Waals surface area contributed by atoms with Crippen molar-refractivity contribution in [2.75, 3.05) is 13.6 Å². The van der Waals surface area contributed by atoms with Gasteiger partial charge in [-0.1, -0.05) is 0 Å². The number of likely N-dealkylation sites (tertiary alicyclic amines) is 1. The number of aliphatic hydroxyl groups is 1. The molecular weight excluding hydrogens is 178 g/mol. The quantitative estimate of drug-likeness (QED) is 0.739. The summed E-state index contributed by atoms with van der Waals surface area (Å²) in [6, 6.07) is 4.09. The standard InChI is InChI=1S/C11H17NO2/c1-9-8-11(13,5-6-12(9)2)10-4-3-7-14-10/h3-4,7,9,13H,5-6,8H2,1-2H3. The normalized spacial score (nSPS) is 34.6. The van der Waals surface area contributed by atoms with Crippen LogP contribution in [0.5, 0.6) is 0 Å². The van der Waals surface area contributed by atoms with Gasteiger partial charge in [0, 0.05) is 12.6 Å². The molecule has 1 aliphatic rings. The Morgan fingerprint density at radius 3 is 3.00 bits per heavy atom. The number of hydrogen-bond acceptors (Lipinski definition) is 3. The van der Waals surface area contributed by atoms with Crippen LogP contribution in [0.15, 0.2) is 22.8 Å². The number of rotatable bonds is 1. The van der Waals surface area contributed by atoms with Gasteiger partial charge in [-0.2, -0.15) is 0 Å². The van der Waals surface area contributed by atoms with Gasteiger partial charge in [-0.3, -0.25) is 0 Å². The lowest BCUT2D eigenvalue weighted by Crippen LogP contribution is -2.45. The maximum absolute atomic E-state index is 10.4. The van der Waals surface area contributed by atoms with Crippen molar-refractivity contribution in [3.05, 3.63) is 24.2 Å². The zero-order valence-corrected chi connectivity index (χ0v) is 8.73. The van der Waals surface area contributed by atoms with Crippen molar-refractivity contribution in [3.63, 3.8) is 0 Å². The monoisotopic (exact) mass is 195 g/mol. The first-order valence-corrected chi connectivity index (χ1v) is 5.08. The summed E-state index contributed by atoms with van der Waals surface area (Å²) < 4.78 is 5.29. The molecule has 2 rings (SSSR count). The second-order valence-corrected chi connectivity index (χ2v) is 4.29. The molecule has 3 nitrogen and oxygen atoms in total. The number of furan rings is 1. The van der Waals surface area contributed by atoms with E-state index in [0.717, 1.165) is 19.4 Å². The maximum atomic E-state index is 10.4. The molecule has 0 amide bonds. The SMILES string of the molecule is CC1CC(O)(c2ccco2)CCN1C. The Kier molecular flexibility index (Phi) is 2.37. The molecule has 1 aromatic rings. The number of hydrogen-bond donors (Lipinski definition) is 1. The van der Waals surface area contributed by atoms with Crippen molar-refractivity contribution in [1.29, 1.82) is 0 Å². The molecule has 1 saturated heterocycles. The zero-order valence-electron chi connectivity index (χ0n) is 8.73. The summed E-state index contributed by atoms with van der Waals surface area (Å²) in [5, 5.41) is 10.4. The van der Waals surface area contributed by atoms with Crippen molar-refractivity contribution in [2.45, 2.75) is 31.4 Å². The van der Waals surface area contributed by atoms with Gasteiger partial charge in [-0.05, 0) is 38.9 Å². The highest BCUT2D eigenvalue weighted by molar-refractivity contribution is 5.11. The van der Waals surface area contributed by atoms with Crippen molar-refractivity contribution < 1.29 is 9.52 Å². The van der Waals surface area contributed by atoms with Gasteiger partial charge in [0.1, 0.15) is 11.4 Å². The summed E-state index contributed by atoms with van der Waals surface area (Å²) in [4.78, 5) is 2.26. The summed E-state index contributed by atoms with van der Waals surface area (Å²) >= 11 is 0. The van der Waals surface area contributed by atoms with E-state index in [4.69, 9.17) is 4.42 Å². The minimum absolute atomic E-state index is 0.402. The van der Waals surface area contributed by atoms with Gasteiger partial charge in [0.15, 0.2) is 0 Å². The molecule has 0 bridgehead atoms. The molecule has 1 fully saturated rings. The Labute approximate surface area is 84.3 Å². The molecule has 0 aliphatic carbocycles. The fraction of sp³-hybridized carbons (Fsp3) is 0.636. The van der Waals surface area contributed by atoms with Crippen molar-refractivity contribution >= 4 is 0 Å². The minimum Gasteiger partial charge on any atom is -0.466 e. The van der Waals surface area contributed by atoms with E-state index in [1.54, 1.807) is 6.26 Å². The lowest BCUT2D eigenvalue weighted by atomic mass is 9.85. The molecule has 3 heteroatoms. The summed E-state index contributed by atoms with van der Waals surface area (Å²) in [6.45, 7) is 3.05. The fourth-order valence-corrected chi connectivity index (χ4v) is 2.10. The zero-order chi connectivity index (χ0) is 10.2. The van der Waals surface area contributed by atoms with Gasteiger partial charge >= 0.3 is 0 Å². The maximum Gasteiger partial charge on any atom is 0.135 e. The molecular formula is C11H17NO2. The molecule has 0 spiro atoms. The Balaban J connectivity index is 2.18. The van der Waals surface area contributed by atoms with Gasteiger partial charge in [-0.25, -0.2) is 0 Å². The van der Waals surface area contributed by atoms with Crippen LogP contribution in [0.2, 0.25) is 0 Å². The van der Waals surface area contributed by atoms with Crippen molar-refractivity contribution in [2.24, 2.45) is 0 Å². The van der Waals surface area contributed by atoms with Gasteiger partial charge in [0.2, 0.25) is 0 Å². The molecule has 14 heavy (non-hydrogen) atoms. The predicted octanol–water partition coefficient (Wildman–Crippen LogP) is 1.58. The lowest BCUT2D eigenvalue weighted by Gasteiger charge is -2.39. The molecule has 0 aromatic carbocycles. The van der Waals surface area contributed by atoms with Crippen molar-refractivity contribution in [3.8, 4) is 0 Å². The Hall–Kier alpha value is -0.800. The number of nitrogens with zero attached hydrogens (tertiary/aromatic N) is 1. The fourth-order valence-electron chi connectivity index (χ4n) is 2.10. The van der Waals surface area contributed by atoms with E-state index in [9.17, 15) is 5.11 Å². The predicted molar refractivity (Wildman–Crippen MR) is 53.9 cm³/mol. The second-order valence-electron chi connectivity index (χ2n) is 4.29. The van der Waals surface area contributed by atoms with E-state index >= 15 is 0 Å². The smallest absolute Gasteiger partial charge is 0.135 e. The molecule has 1 aliphatic heterocycles. The molecule has 2 unspecified atom stereocenters. The Morgan fingerprint density at radius 1 is 1.64 bits per heavy atom. The van der Waals surface area contributed by atoms with Crippen LogP contribution in [0.4, 0.5) is 0 Å². The van der Waals surface area contributed by atoms with Gasteiger partial charge in [0.05, 0.1) is 6.26 Å². The van der Waals surface area contributed by atoms with Crippen molar-refractivity contribution in [1.82, 2.24) is 4.90 Å². The topological polar surface area (TPSA) is 36.6 Å². The van der Waals surface area contributed by atoms with Crippen LogP contribution in [0.1, 0.15) is 25.5 Å². The Morgan fingerprint density at radius 2 is 2.43 bits per heavy atom. The van der Waals surface area contributed by atoms with Crippen LogP contribution in [0.3, 0.4) is 0 Å². The van der Waals surface area contributed by atoms with Crippen LogP contribution >= 0.6 is 0 Å². The third kappa shape index (κ3) is 1.57. The molecule has 2 heterocycles. The van der Waals surface area contributed by atoms with Crippen LogP contribution in [0.25, 0.3) is 0 Å². The molecule has 1 aromatic heterocycles. The first-order valence-electron chi connectivity index (χ1n) is 5.08. The highest BCUT2D eigenvalue weighted by atomic mass is 16.4. The first kappa shape index (κ1) is 9.74.